The van der Waals surface area contributed by atoms with E-state index in [-0.39, 0.29) is 17.8 Å². The molecule has 2 aromatic rings. The Kier molecular flexibility index (Phi) is 4.13. The van der Waals surface area contributed by atoms with Crippen molar-refractivity contribution in [3.63, 3.8) is 0 Å². The number of hydrogen-bond acceptors (Lipinski definition) is 3. The molecule has 0 saturated carbocycles. The van der Waals surface area contributed by atoms with Crippen LogP contribution in [0.15, 0.2) is 36.4 Å². The van der Waals surface area contributed by atoms with Crippen LogP contribution >= 0.6 is 0 Å². The van der Waals surface area contributed by atoms with Gasteiger partial charge in [-0.3, -0.25) is 4.79 Å². The third-order valence-electron chi connectivity index (χ3n) is 3.49. The number of benzene rings is 2. The van der Waals surface area contributed by atoms with Crippen LogP contribution < -0.4 is 5.32 Å². The number of fused-ring (bicyclic) bond motifs is 1. The lowest BCUT2D eigenvalue weighted by atomic mass is 10.0. The van der Waals surface area contributed by atoms with Crippen LogP contribution in [0.2, 0.25) is 0 Å². The van der Waals surface area contributed by atoms with Crippen LogP contribution in [0.25, 0.3) is 10.8 Å². The van der Waals surface area contributed by atoms with Crippen molar-refractivity contribution in [2.75, 3.05) is 26.4 Å². The molecule has 1 heterocycles. The molecule has 2 aromatic carbocycles. The fraction of sp³-hybridized carbons (Fsp3) is 0.312. The fourth-order valence-corrected chi connectivity index (χ4v) is 2.42. The van der Waals surface area contributed by atoms with Gasteiger partial charge < -0.3 is 14.8 Å². The maximum Gasteiger partial charge on any atom is 0.252 e. The highest BCUT2D eigenvalue weighted by Crippen LogP contribution is 2.21. The molecule has 1 fully saturated rings. The predicted molar refractivity (Wildman–Crippen MR) is 76.8 cm³/mol. The second kappa shape index (κ2) is 6.20. The van der Waals surface area contributed by atoms with Crippen molar-refractivity contribution < 1.29 is 18.7 Å². The summed E-state index contributed by atoms with van der Waals surface area (Å²) >= 11 is 0. The molecule has 1 unspecified atom stereocenters. The molecule has 1 saturated heterocycles. The normalized spacial score (nSPS) is 18.6. The van der Waals surface area contributed by atoms with Crippen molar-refractivity contribution in [1.82, 2.24) is 5.32 Å². The molecule has 3 rings (SSSR count). The van der Waals surface area contributed by atoms with Crippen LogP contribution in [-0.4, -0.2) is 38.4 Å². The van der Waals surface area contributed by atoms with Crippen LogP contribution in [0, 0.1) is 5.82 Å². The van der Waals surface area contributed by atoms with E-state index in [2.05, 4.69) is 5.32 Å². The standard InChI is InChI=1S/C16H16FNO3/c17-15-6-5-14(12-3-1-2-4-13(12)15)16(19)18-9-11-10-20-7-8-21-11/h1-6,11H,7-10H2,(H,18,19). The Morgan fingerprint density at radius 2 is 2.00 bits per heavy atom. The number of rotatable bonds is 3. The number of amides is 1. The number of carbonyl (C=O) groups excluding carboxylic acids is 1. The first-order valence-electron chi connectivity index (χ1n) is 6.90. The molecule has 1 amide bonds. The summed E-state index contributed by atoms with van der Waals surface area (Å²) in [5.41, 5.74) is 0.462. The summed E-state index contributed by atoms with van der Waals surface area (Å²) in [6.45, 7) is 1.99. The smallest absolute Gasteiger partial charge is 0.252 e. The van der Waals surface area contributed by atoms with Gasteiger partial charge in [-0.25, -0.2) is 4.39 Å². The second-order valence-corrected chi connectivity index (χ2v) is 4.92. The molecule has 0 aliphatic carbocycles. The molecule has 0 bridgehead atoms. The Morgan fingerprint density at radius 1 is 1.19 bits per heavy atom. The quantitative estimate of drug-likeness (QED) is 0.941. The highest BCUT2D eigenvalue weighted by Gasteiger charge is 2.17. The summed E-state index contributed by atoms with van der Waals surface area (Å²) in [6, 6.07) is 9.77. The van der Waals surface area contributed by atoms with E-state index in [1.165, 1.54) is 12.1 Å². The predicted octanol–water partition coefficient (Wildman–Crippen LogP) is 2.12. The Bertz CT molecular complexity index is 653. The molecule has 1 atom stereocenters. The van der Waals surface area contributed by atoms with E-state index < -0.39 is 0 Å². The number of hydrogen-bond donors (Lipinski definition) is 1. The fourth-order valence-electron chi connectivity index (χ4n) is 2.42. The summed E-state index contributed by atoms with van der Waals surface area (Å²) < 4.78 is 24.5. The zero-order valence-corrected chi connectivity index (χ0v) is 11.5. The monoisotopic (exact) mass is 289 g/mol. The van der Waals surface area contributed by atoms with Gasteiger partial charge in [-0.1, -0.05) is 24.3 Å². The lowest BCUT2D eigenvalue weighted by molar-refractivity contribution is -0.0855. The average molecular weight is 289 g/mol. The van der Waals surface area contributed by atoms with Crippen LogP contribution in [-0.2, 0) is 9.47 Å². The van der Waals surface area contributed by atoms with Gasteiger partial charge in [-0.15, -0.1) is 0 Å². The lowest BCUT2D eigenvalue weighted by Crippen LogP contribution is -2.39. The first-order valence-corrected chi connectivity index (χ1v) is 6.90. The number of ether oxygens (including phenoxy) is 2. The molecule has 4 nitrogen and oxygen atoms in total. The summed E-state index contributed by atoms with van der Waals surface area (Å²) in [4.78, 5) is 12.3. The van der Waals surface area contributed by atoms with Gasteiger partial charge in [0.15, 0.2) is 0 Å². The van der Waals surface area contributed by atoms with Crippen molar-refractivity contribution in [2.45, 2.75) is 6.10 Å². The molecule has 110 valence electrons. The third kappa shape index (κ3) is 3.04. The molecular formula is C16H16FNO3. The van der Waals surface area contributed by atoms with Gasteiger partial charge in [-0.2, -0.15) is 0 Å². The van der Waals surface area contributed by atoms with Gasteiger partial charge in [0.25, 0.3) is 5.91 Å². The molecule has 0 radical (unpaired) electrons. The highest BCUT2D eigenvalue weighted by molar-refractivity contribution is 6.07. The molecule has 21 heavy (non-hydrogen) atoms. The van der Waals surface area contributed by atoms with E-state index in [1.54, 1.807) is 24.3 Å². The van der Waals surface area contributed by atoms with Gasteiger partial charge >= 0.3 is 0 Å². The first-order chi connectivity index (χ1) is 10.3. The highest BCUT2D eigenvalue weighted by atomic mass is 19.1. The van der Waals surface area contributed by atoms with Crippen molar-refractivity contribution in [2.24, 2.45) is 0 Å². The maximum atomic E-state index is 13.7. The van der Waals surface area contributed by atoms with E-state index in [1.807, 2.05) is 0 Å². The Hall–Kier alpha value is -1.98. The van der Waals surface area contributed by atoms with Crippen molar-refractivity contribution in [3.8, 4) is 0 Å². The Labute approximate surface area is 121 Å². The molecule has 1 aliphatic heterocycles. The summed E-state index contributed by atoms with van der Waals surface area (Å²) in [5.74, 6) is -0.563. The van der Waals surface area contributed by atoms with Crippen molar-refractivity contribution in [1.29, 1.82) is 0 Å². The van der Waals surface area contributed by atoms with Gasteiger partial charge in [0.2, 0.25) is 0 Å². The zero-order valence-electron chi connectivity index (χ0n) is 11.5. The minimum atomic E-state index is -0.328. The molecular weight excluding hydrogens is 273 g/mol. The molecule has 0 spiro atoms. The molecule has 0 aromatic heterocycles. The number of halogens is 1. The van der Waals surface area contributed by atoms with Crippen LogP contribution in [0.4, 0.5) is 4.39 Å². The lowest BCUT2D eigenvalue weighted by Gasteiger charge is -2.23. The Balaban J connectivity index is 1.77. The van der Waals surface area contributed by atoms with Crippen molar-refractivity contribution in [3.05, 3.63) is 47.8 Å². The van der Waals surface area contributed by atoms with Gasteiger partial charge in [0.1, 0.15) is 5.82 Å². The largest absolute Gasteiger partial charge is 0.376 e. The topological polar surface area (TPSA) is 47.6 Å². The van der Waals surface area contributed by atoms with Gasteiger partial charge in [-0.05, 0) is 17.5 Å². The minimum Gasteiger partial charge on any atom is -0.376 e. The summed E-state index contributed by atoms with van der Waals surface area (Å²) in [5, 5.41) is 3.87. The van der Waals surface area contributed by atoms with Crippen LogP contribution in [0.5, 0.6) is 0 Å². The van der Waals surface area contributed by atoms with Gasteiger partial charge in [0, 0.05) is 17.5 Å². The Morgan fingerprint density at radius 3 is 2.76 bits per heavy atom. The molecule has 5 heteroatoms. The second-order valence-electron chi connectivity index (χ2n) is 4.92. The third-order valence-corrected chi connectivity index (χ3v) is 3.49. The first kappa shape index (κ1) is 14.0. The van der Waals surface area contributed by atoms with Crippen LogP contribution in [0.3, 0.4) is 0 Å². The van der Waals surface area contributed by atoms with Gasteiger partial charge in [0.05, 0.1) is 25.9 Å². The van der Waals surface area contributed by atoms with Crippen LogP contribution in [0.1, 0.15) is 10.4 Å². The minimum absolute atomic E-state index is 0.130. The number of nitrogens with one attached hydrogen (secondary N) is 1. The van der Waals surface area contributed by atoms with E-state index in [4.69, 9.17) is 9.47 Å². The maximum absolute atomic E-state index is 13.7. The number of carbonyl (C=O) groups is 1. The van der Waals surface area contributed by atoms with E-state index in [0.717, 1.165) is 0 Å². The summed E-state index contributed by atoms with van der Waals surface area (Å²) in [7, 11) is 0. The van der Waals surface area contributed by atoms with E-state index in [0.29, 0.717) is 42.7 Å². The van der Waals surface area contributed by atoms with E-state index in [9.17, 15) is 9.18 Å². The average Bonchev–Trinajstić information content (AvgIpc) is 2.54. The molecule has 1 N–H and O–H groups in total. The van der Waals surface area contributed by atoms with E-state index >= 15 is 0 Å². The van der Waals surface area contributed by atoms with Crippen molar-refractivity contribution >= 4 is 16.7 Å². The SMILES string of the molecule is O=C(NCC1COCCO1)c1ccc(F)c2ccccc12. The molecule has 1 aliphatic rings. The zero-order chi connectivity index (χ0) is 14.7. The summed E-state index contributed by atoms with van der Waals surface area (Å²) in [6.07, 6.45) is -0.130.